The first-order valence-electron chi connectivity index (χ1n) is 6.32. The number of para-hydroxylation sites is 1. The maximum atomic E-state index is 11.1. The number of aryl methyl sites for hydroxylation is 1. The van der Waals surface area contributed by atoms with Gasteiger partial charge in [0, 0.05) is 17.3 Å². The Morgan fingerprint density at radius 3 is 2.90 bits per heavy atom. The van der Waals surface area contributed by atoms with Crippen LogP contribution in [0.2, 0.25) is 0 Å². The normalized spacial score (nSPS) is 11.1. The molecule has 2 heterocycles. The maximum Gasteiger partial charge on any atom is 0.323 e. The highest BCUT2D eigenvalue weighted by Crippen LogP contribution is 2.27. The third-order valence-electron chi connectivity index (χ3n) is 3.11. The first kappa shape index (κ1) is 12.4. The highest BCUT2D eigenvalue weighted by atomic mass is 16.5. The first-order chi connectivity index (χ1) is 9.69. The van der Waals surface area contributed by atoms with Gasteiger partial charge in [-0.3, -0.25) is 4.79 Å². The van der Waals surface area contributed by atoms with E-state index in [2.05, 4.69) is 10.1 Å². The van der Waals surface area contributed by atoms with Crippen molar-refractivity contribution in [2.45, 2.75) is 19.9 Å². The van der Waals surface area contributed by atoms with Crippen molar-refractivity contribution in [2.24, 2.45) is 0 Å². The minimum Gasteiger partial charge on any atom is -0.480 e. The minimum atomic E-state index is -0.914. The van der Waals surface area contributed by atoms with Crippen molar-refractivity contribution in [1.82, 2.24) is 14.7 Å². The van der Waals surface area contributed by atoms with Crippen LogP contribution in [-0.4, -0.2) is 25.8 Å². The lowest BCUT2D eigenvalue weighted by molar-refractivity contribution is -0.137. The highest BCUT2D eigenvalue weighted by Gasteiger charge is 2.17. The second-order valence-corrected chi connectivity index (χ2v) is 4.44. The molecule has 0 unspecified atom stereocenters. The Morgan fingerprint density at radius 1 is 1.40 bits per heavy atom. The van der Waals surface area contributed by atoms with Gasteiger partial charge in [-0.15, -0.1) is 0 Å². The van der Waals surface area contributed by atoms with Gasteiger partial charge in [0.2, 0.25) is 0 Å². The molecule has 0 aliphatic carbocycles. The summed E-state index contributed by atoms with van der Waals surface area (Å²) in [5.74, 6) is 0.0364. The van der Waals surface area contributed by atoms with E-state index in [1.165, 1.54) is 0 Å². The van der Waals surface area contributed by atoms with Crippen molar-refractivity contribution in [3.05, 3.63) is 36.2 Å². The molecule has 0 spiro atoms. The van der Waals surface area contributed by atoms with Crippen LogP contribution in [0.1, 0.15) is 12.7 Å². The highest BCUT2D eigenvalue weighted by molar-refractivity contribution is 5.87. The number of aliphatic carboxylic acids is 1. The fourth-order valence-electron chi connectivity index (χ4n) is 2.19. The number of carbonyl (C=O) groups is 1. The summed E-state index contributed by atoms with van der Waals surface area (Å²) >= 11 is 0. The molecule has 3 aromatic rings. The molecule has 6 heteroatoms. The molecule has 2 aromatic heterocycles. The number of carboxylic acid groups (broad SMARTS) is 1. The van der Waals surface area contributed by atoms with Gasteiger partial charge >= 0.3 is 5.97 Å². The zero-order chi connectivity index (χ0) is 14.1. The van der Waals surface area contributed by atoms with Crippen LogP contribution < -0.4 is 0 Å². The zero-order valence-corrected chi connectivity index (χ0v) is 10.9. The summed E-state index contributed by atoms with van der Waals surface area (Å²) < 4.78 is 6.89. The van der Waals surface area contributed by atoms with Crippen molar-refractivity contribution in [3.63, 3.8) is 0 Å². The molecule has 6 nitrogen and oxygen atoms in total. The van der Waals surface area contributed by atoms with Gasteiger partial charge in [0.05, 0.1) is 0 Å². The summed E-state index contributed by atoms with van der Waals surface area (Å²) in [6.07, 6.45) is 0.669. The molecule has 0 bridgehead atoms. The van der Waals surface area contributed by atoms with E-state index in [0.29, 0.717) is 23.8 Å². The molecule has 0 atom stereocenters. The molecule has 0 amide bonds. The lowest BCUT2D eigenvalue weighted by Crippen LogP contribution is -2.09. The summed E-state index contributed by atoms with van der Waals surface area (Å²) in [4.78, 5) is 15.3. The standard InChI is InChI=1S/C14H13N3O3/c1-2-12-15-14(20-16-12)11-7-9-5-3-4-6-10(9)17(11)8-13(18)19/h3-7H,2,8H2,1H3,(H,18,19). The largest absolute Gasteiger partial charge is 0.480 e. The van der Waals surface area contributed by atoms with E-state index in [1.807, 2.05) is 37.3 Å². The van der Waals surface area contributed by atoms with E-state index >= 15 is 0 Å². The van der Waals surface area contributed by atoms with E-state index < -0.39 is 5.97 Å². The first-order valence-corrected chi connectivity index (χ1v) is 6.32. The summed E-state index contributed by atoms with van der Waals surface area (Å²) in [7, 11) is 0. The van der Waals surface area contributed by atoms with Gasteiger partial charge < -0.3 is 14.2 Å². The van der Waals surface area contributed by atoms with E-state index in [0.717, 1.165) is 10.9 Å². The van der Waals surface area contributed by atoms with Crippen molar-refractivity contribution in [2.75, 3.05) is 0 Å². The Bertz CT molecular complexity index is 773. The molecule has 1 aromatic carbocycles. The minimum absolute atomic E-state index is 0.146. The van der Waals surface area contributed by atoms with Crippen LogP contribution in [-0.2, 0) is 17.8 Å². The number of aromatic nitrogens is 3. The second kappa shape index (κ2) is 4.80. The maximum absolute atomic E-state index is 11.1. The Kier molecular flexibility index (Phi) is 2.98. The van der Waals surface area contributed by atoms with Crippen LogP contribution in [0.15, 0.2) is 34.9 Å². The number of nitrogens with zero attached hydrogens (tertiary/aromatic N) is 3. The van der Waals surface area contributed by atoms with E-state index in [4.69, 9.17) is 9.63 Å². The Hall–Kier alpha value is -2.63. The van der Waals surface area contributed by atoms with Crippen LogP contribution in [0.4, 0.5) is 0 Å². The summed E-state index contributed by atoms with van der Waals surface area (Å²) in [6, 6.07) is 9.44. The monoisotopic (exact) mass is 271 g/mol. The average molecular weight is 271 g/mol. The molecule has 0 radical (unpaired) electrons. The summed E-state index contributed by atoms with van der Waals surface area (Å²) in [5.41, 5.74) is 1.46. The quantitative estimate of drug-likeness (QED) is 0.787. The van der Waals surface area contributed by atoms with E-state index in [1.54, 1.807) is 4.57 Å². The molecular formula is C14H13N3O3. The fraction of sp³-hybridized carbons (Fsp3) is 0.214. The number of benzene rings is 1. The van der Waals surface area contributed by atoms with E-state index in [-0.39, 0.29) is 6.54 Å². The van der Waals surface area contributed by atoms with Gasteiger partial charge in [-0.05, 0) is 12.1 Å². The van der Waals surface area contributed by atoms with Crippen molar-refractivity contribution >= 4 is 16.9 Å². The number of fused-ring (bicyclic) bond motifs is 1. The molecule has 1 N–H and O–H groups in total. The smallest absolute Gasteiger partial charge is 0.323 e. The Morgan fingerprint density at radius 2 is 2.20 bits per heavy atom. The van der Waals surface area contributed by atoms with Gasteiger partial charge in [-0.1, -0.05) is 30.3 Å². The lowest BCUT2D eigenvalue weighted by atomic mass is 10.2. The molecule has 20 heavy (non-hydrogen) atoms. The molecule has 102 valence electrons. The Balaban J connectivity index is 2.20. The number of hydrogen-bond donors (Lipinski definition) is 1. The van der Waals surface area contributed by atoms with Crippen LogP contribution >= 0.6 is 0 Å². The predicted molar refractivity (Wildman–Crippen MR) is 72.2 cm³/mol. The number of rotatable bonds is 4. The topological polar surface area (TPSA) is 81.2 Å². The van der Waals surface area contributed by atoms with Crippen molar-refractivity contribution in [1.29, 1.82) is 0 Å². The van der Waals surface area contributed by atoms with Crippen molar-refractivity contribution in [3.8, 4) is 11.6 Å². The average Bonchev–Trinajstić information content (AvgIpc) is 3.03. The molecule has 0 aliphatic rings. The van der Waals surface area contributed by atoms with Crippen LogP contribution in [0.25, 0.3) is 22.5 Å². The number of carboxylic acids is 1. The molecule has 0 aliphatic heterocycles. The molecule has 3 rings (SSSR count). The predicted octanol–water partition coefficient (Wildman–Crippen LogP) is 2.34. The third kappa shape index (κ3) is 2.05. The van der Waals surface area contributed by atoms with Gasteiger partial charge in [0.15, 0.2) is 5.82 Å². The molecule has 0 saturated heterocycles. The van der Waals surface area contributed by atoms with Crippen LogP contribution in [0.3, 0.4) is 0 Å². The second-order valence-electron chi connectivity index (χ2n) is 4.44. The number of hydrogen-bond acceptors (Lipinski definition) is 4. The van der Waals surface area contributed by atoms with Gasteiger partial charge in [0.1, 0.15) is 12.2 Å². The van der Waals surface area contributed by atoms with Gasteiger partial charge in [-0.25, -0.2) is 0 Å². The van der Waals surface area contributed by atoms with E-state index in [9.17, 15) is 4.79 Å². The molecule has 0 saturated carbocycles. The summed E-state index contributed by atoms with van der Waals surface area (Å²) in [6.45, 7) is 1.79. The SMILES string of the molecule is CCc1noc(-c2cc3ccccc3n2CC(=O)O)n1. The van der Waals surface area contributed by atoms with Gasteiger partial charge in [0.25, 0.3) is 5.89 Å². The van der Waals surface area contributed by atoms with Gasteiger partial charge in [-0.2, -0.15) is 4.98 Å². The molecule has 0 fully saturated rings. The summed E-state index contributed by atoms with van der Waals surface area (Å²) in [5, 5.41) is 13.9. The molecular weight excluding hydrogens is 258 g/mol. The third-order valence-corrected chi connectivity index (χ3v) is 3.11. The zero-order valence-electron chi connectivity index (χ0n) is 10.9. The Labute approximate surface area is 114 Å². The lowest BCUT2D eigenvalue weighted by Gasteiger charge is -2.04. The van der Waals surface area contributed by atoms with Crippen LogP contribution in [0, 0.1) is 0 Å². The van der Waals surface area contributed by atoms with Crippen molar-refractivity contribution < 1.29 is 14.4 Å². The van der Waals surface area contributed by atoms with Crippen LogP contribution in [0.5, 0.6) is 0 Å². The fourth-order valence-corrected chi connectivity index (χ4v) is 2.19.